The Hall–Kier alpha value is -1.26. The van der Waals surface area contributed by atoms with Crippen molar-refractivity contribution in [2.45, 2.75) is 13.5 Å². The number of alkyl halides is 2. The number of rotatable bonds is 2. The summed E-state index contributed by atoms with van der Waals surface area (Å²) < 4.78 is 52.5. The van der Waals surface area contributed by atoms with Crippen LogP contribution in [0.2, 0.25) is 0 Å². The number of benzene rings is 1. The zero-order valence-electron chi connectivity index (χ0n) is 6.65. The van der Waals surface area contributed by atoms with E-state index in [1.54, 1.807) is 0 Å². The quantitative estimate of drug-likeness (QED) is 0.657. The van der Waals surface area contributed by atoms with Crippen molar-refractivity contribution in [3.05, 3.63) is 29.3 Å². The fraction of sp³-hybridized carbons (Fsp3) is 0.250. The molecule has 1 aromatic carbocycles. The lowest BCUT2D eigenvalue weighted by molar-refractivity contribution is -0.0529. The third-order valence-corrected chi connectivity index (χ3v) is 1.45. The molecule has 1 aromatic rings. The van der Waals surface area contributed by atoms with Crippen LogP contribution >= 0.6 is 0 Å². The van der Waals surface area contributed by atoms with E-state index in [-0.39, 0.29) is 5.56 Å². The molecular weight excluding hydrogens is 188 g/mol. The fourth-order valence-electron chi connectivity index (χ4n) is 0.862. The summed E-state index contributed by atoms with van der Waals surface area (Å²) in [4.78, 5) is 0. The highest BCUT2D eigenvalue weighted by Gasteiger charge is 2.15. The van der Waals surface area contributed by atoms with Crippen molar-refractivity contribution in [3.8, 4) is 5.75 Å². The van der Waals surface area contributed by atoms with Gasteiger partial charge in [0.25, 0.3) is 0 Å². The summed E-state index contributed by atoms with van der Waals surface area (Å²) in [6.07, 6.45) is 0. The first-order valence-corrected chi connectivity index (χ1v) is 3.41. The normalized spacial score (nSPS) is 10.6. The van der Waals surface area contributed by atoms with Crippen LogP contribution in [-0.2, 0) is 0 Å². The largest absolute Gasteiger partial charge is 0.431 e. The second-order valence-electron chi connectivity index (χ2n) is 2.39. The van der Waals surface area contributed by atoms with Gasteiger partial charge in [0, 0.05) is 0 Å². The Bertz CT molecular complexity index is 311. The van der Waals surface area contributed by atoms with E-state index < -0.39 is 24.0 Å². The highest BCUT2D eigenvalue weighted by atomic mass is 19.3. The van der Waals surface area contributed by atoms with Gasteiger partial charge in [-0.25, -0.2) is 4.39 Å². The number of hydrogen-bond acceptors (Lipinski definition) is 1. The number of halogens is 4. The highest BCUT2D eigenvalue weighted by molar-refractivity contribution is 5.34. The lowest BCUT2D eigenvalue weighted by Gasteiger charge is -2.08. The van der Waals surface area contributed by atoms with Crippen LogP contribution in [0.25, 0.3) is 0 Å². The monoisotopic (exact) mass is 194 g/mol. The van der Waals surface area contributed by atoms with Gasteiger partial charge >= 0.3 is 6.61 Å². The SMILES string of the molecule is Cc1ccc(F)c(F)c1OC(F)F. The Morgan fingerprint density at radius 2 is 1.85 bits per heavy atom. The van der Waals surface area contributed by atoms with Crippen LogP contribution in [0.15, 0.2) is 12.1 Å². The maximum atomic E-state index is 12.8. The molecule has 0 N–H and O–H groups in total. The van der Waals surface area contributed by atoms with Crippen LogP contribution in [0.3, 0.4) is 0 Å². The average molecular weight is 194 g/mol. The second kappa shape index (κ2) is 3.64. The first-order valence-electron chi connectivity index (χ1n) is 3.41. The van der Waals surface area contributed by atoms with Crippen LogP contribution in [-0.4, -0.2) is 6.61 Å². The summed E-state index contributed by atoms with van der Waals surface area (Å²) in [5, 5.41) is 0. The van der Waals surface area contributed by atoms with Crippen LogP contribution < -0.4 is 4.74 Å². The molecule has 0 saturated heterocycles. The van der Waals surface area contributed by atoms with Gasteiger partial charge in [-0.15, -0.1) is 0 Å². The van der Waals surface area contributed by atoms with Gasteiger partial charge < -0.3 is 4.74 Å². The summed E-state index contributed by atoms with van der Waals surface area (Å²) in [7, 11) is 0. The Morgan fingerprint density at radius 1 is 1.23 bits per heavy atom. The molecular formula is C8H6F4O. The molecule has 0 bridgehead atoms. The van der Waals surface area contributed by atoms with Crippen LogP contribution in [0.4, 0.5) is 17.6 Å². The van der Waals surface area contributed by atoms with Crippen molar-refractivity contribution < 1.29 is 22.3 Å². The van der Waals surface area contributed by atoms with Crippen molar-refractivity contribution in [3.63, 3.8) is 0 Å². The van der Waals surface area contributed by atoms with E-state index in [2.05, 4.69) is 4.74 Å². The third kappa shape index (κ3) is 2.11. The Balaban J connectivity index is 3.10. The zero-order chi connectivity index (χ0) is 10.0. The Labute approximate surface area is 71.9 Å². The molecule has 0 spiro atoms. The standard InChI is InChI=1S/C8H6F4O/c1-4-2-3-5(9)6(10)7(4)13-8(11)12/h2-3,8H,1H3. The third-order valence-electron chi connectivity index (χ3n) is 1.45. The van der Waals surface area contributed by atoms with Crippen molar-refractivity contribution in [2.24, 2.45) is 0 Å². The highest BCUT2D eigenvalue weighted by Crippen LogP contribution is 2.25. The van der Waals surface area contributed by atoms with Gasteiger partial charge in [-0.1, -0.05) is 6.07 Å². The minimum atomic E-state index is -3.16. The molecule has 0 heterocycles. The predicted octanol–water partition coefficient (Wildman–Crippen LogP) is 2.87. The first kappa shape index (κ1) is 9.83. The van der Waals surface area contributed by atoms with Gasteiger partial charge in [0.2, 0.25) is 5.82 Å². The zero-order valence-corrected chi connectivity index (χ0v) is 6.65. The first-order chi connectivity index (χ1) is 6.02. The molecule has 0 aliphatic carbocycles. The average Bonchev–Trinajstić information content (AvgIpc) is 2.05. The van der Waals surface area contributed by atoms with Crippen LogP contribution in [0.1, 0.15) is 5.56 Å². The molecule has 0 aliphatic rings. The smallest absolute Gasteiger partial charge is 0.387 e. The molecule has 0 atom stereocenters. The van der Waals surface area contributed by atoms with Gasteiger partial charge in [-0.05, 0) is 18.6 Å². The van der Waals surface area contributed by atoms with Crippen molar-refractivity contribution in [2.75, 3.05) is 0 Å². The van der Waals surface area contributed by atoms with Crippen molar-refractivity contribution >= 4 is 0 Å². The van der Waals surface area contributed by atoms with Crippen LogP contribution in [0.5, 0.6) is 5.75 Å². The summed E-state index contributed by atoms with van der Waals surface area (Å²) in [5.74, 6) is -3.34. The van der Waals surface area contributed by atoms with Gasteiger partial charge in [0.1, 0.15) is 0 Å². The summed E-state index contributed by atoms with van der Waals surface area (Å²) in [6.45, 7) is -1.81. The van der Waals surface area contributed by atoms with Gasteiger partial charge in [0.05, 0.1) is 0 Å². The molecule has 1 nitrogen and oxygen atoms in total. The molecule has 0 aromatic heterocycles. The van der Waals surface area contributed by atoms with E-state index in [1.807, 2.05) is 0 Å². The lowest BCUT2D eigenvalue weighted by atomic mass is 10.2. The molecule has 0 aliphatic heterocycles. The van der Waals surface area contributed by atoms with E-state index in [4.69, 9.17) is 0 Å². The summed E-state index contributed by atoms with van der Waals surface area (Å²) >= 11 is 0. The molecule has 13 heavy (non-hydrogen) atoms. The molecule has 0 fully saturated rings. The van der Waals surface area contributed by atoms with E-state index in [0.717, 1.165) is 12.1 Å². The van der Waals surface area contributed by atoms with Crippen molar-refractivity contribution in [1.29, 1.82) is 0 Å². The molecule has 5 heteroatoms. The predicted molar refractivity (Wildman–Crippen MR) is 37.7 cm³/mol. The van der Waals surface area contributed by atoms with E-state index in [9.17, 15) is 17.6 Å². The fourth-order valence-corrected chi connectivity index (χ4v) is 0.862. The van der Waals surface area contributed by atoms with E-state index >= 15 is 0 Å². The maximum Gasteiger partial charge on any atom is 0.387 e. The number of ether oxygens (including phenoxy) is 1. The molecule has 1 rings (SSSR count). The lowest BCUT2D eigenvalue weighted by Crippen LogP contribution is -2.06. The Kier molecular flexibility index (Phi) is 2.75. The van der Waals surface area contributed by atoms with E-state index in [1.165, 1.54) is 6.92 Å². The molecule has 0 saturated carbocycles. The van der Waals surface area contributed by atoms with Crippen molar-refractivity contribution in [1.82, 2.24) is 0 Å². The molecule has 0 amide bonds. The minimum absolute atomic E-state index is 0.124. The molecule has 0 radical (unpaired) electrons. The minimum Gasteiger partial charge on any atom is -0.431 e. The summed E-state index contributed by atoms with van der Waals surface area (Å²) in [5.41, 5.74) is 0.124. The number of aryl methyl sites for hydroxylation is 1. The van der Waals surface area contributed by atoms with Gasteiger partial charge in [-0.3, -0.25) is 0 Å². The maximum absolute atomic E-state index is 12.8. The molecule has 0 unspecified atom stereocenters. The Morgan fingerprint density at radius 3 is 2.38 bits per heavy atom. The number of hydrogen-bond donors (Lipinski definition) is 0. The van der Waals surface area contributed by atoms with Gasteiger partial charge in [-0.2, -0.15) is 13.2 Å². The molecule has 72 valence electrons. The topological polar surface area (TPSA) is 9.23 Å². The van der Waals surface area contributed by atoms with Gasteiger partial charge in [0.15, 0.2) is 11.6 Å². The van der Waals surface area contributed by atoms with Crippen LogP contribution in [0, 0.1) is 18.6 Å². The summed E-state index contributed by atoms with van der Waals surface area (Å²) in [6, 6.07) is 2.01. The second-order valence-corrected chi connectivity index (χ2v) is 2.39. The van der Waals surface area contributed by atoms with E-state index in [0.29, 0.717) is 0 Å².